The van der Waals surface area contributed by atoms with Crippen molar-refractivity contribution in [2.45, 2.75) is 38.4 Å². The summed E-state index contributed by atoms with van der Waals surface area (Å²) in [5.74, 6) is 0.659. The first kappa shape index (κ1) is 13.6. The molecule has 1 unspecified atom stereocenters. The highest BCUT2D eigenvalue weighted by molar-refractivity contribution is 7.95. The maximum absolute atomic E-state index is 6.18. The maximum Gasteiger partial charge on any atom is 0.233 e. The predicted octanol–water partition coefficient (Wildman–Crippen LogP) is 4.59. The van der Waals surface area contributed by atoms with E-state index in [1.807, 2.05) is 16.5 Å². The van der Waals surface area contributed by atoms with Gasteiger partial charge in [-0.25, -0.2) is 4.98 Å². The van der Waals surface area contributed by atoms with Gasteiger partial charge in [-0.05, 0) is 25.0 Å². The summed E-state index contributed by atoms with van der Waals surface area (Å²) in [6.45, 7) is 4.36. The Labute approximate surface area is 117 Å². The van der Waals surface area contributed by atoms with Crippen LogP contribution in [0.1, 0.15) is 33.1 Å². The molecule has 98 valence electrons. The van der Waals surface area contributed by atoms with Crippen LogP contribution in [0.15, 0.2) is 24.7 Å². The minimum atomic E-state index is 0.504. The van der Waals surface area contributed by atoms with Crippen LogP contribution in [0.25, 0.3) is 5.52 Å². The summed E-state index contributed by atoms with van der Waals surface area (Å²) in [6.07, 6.45) is 6.92. The molecular weight excluding hydrogens is 268 g/mol. The first-order chi connectivity index (χ1) is 8.76. The van der Waals surface area contributed by atoms with Gasteiger partial charge in [-0.2, -0.15) is 0 Å². The molecule has 2 rings (SSSR count). The second-order valence-electron chi connectivity index (χ2n) is 4.17. The van der Waals surface area contributed by atoms with Gasteiger partial charge in [-0.1, -0.05) is 31.9 Å². The lowest BCUT2D eigenvalue weighted by Crippen LogP contribution is -2.04. The van der Waals surface area contributed by atoms with Crippen LogP contribution >= 0.6 is 23.6 Å². The average Bonchev–Trinajstić information content (AvgIpc) is 2.84. The maximum atomic E-state index is 6.18. The fourth-order valence-corrected chi connectivity index (χ4v) is 2.88. The van der Waals surface area contributed by atoms with Gasteiger partial charge in [0.2, 0.25) is 5.88 Å². The van der Waals surface area contributed by atoms with Crippen LogP contribution in [0.2, 0.25) is 5.02 Å². The molecule has 1 atom stereocenters. The van der Waals surface area contributed by atoms with Crippen LogP contribution in [-0.2, 0) is 0 Å². The quantitative estimate of drug-likeness (QED) is 0.726. The summed E-state index contributed by atoms with van der Waals surface area (Å²) in [7, 11) is 0. The number of pyridine rings is 1. The third-order valence-electron chi connectivity index (χ3n) is 2.82. The van der Waals surface area contributed by atoms with Crippen LogP contribution in [0.3, 0.4) is 0 Å². The summed E-state index contributed by atoms with van der Waals surface area (Å²) in [5.41, 5.74) is 0.985. The molecule has 0 aromatic carbocycles. The van der Waals surface area contributed by atoms with Crippen molar-refractivity contribution >= 4 is 29.2 Å². The smallest absolute Gasteiger partial charge is 0.233 e. The second kappa shape index (κ2) is 6.34. The van der Waals surface area contributed by atoms with Crippen LogP contribution in [0.5, 0.6) is 5.88 Å². The zero-order chi connectivity index (χ0) is 13.0. The Bertz CT molecular complexity index is 515. The monoisotopic (exact) mass is 284 g/mol. The van der Waals surface area contributed by atoms with Gasteiger partial charge in [-0.15, -0.1) is 0 Å². The van der Waals surface area contributed by atoms with Gasteiger partial charge < -0.3 is 4.18 Å². The summed E-state index contributed by atoms with van der Waals surface area (Å²) < 4.78 is 7.69. The summed E-state index contributed by atoms with van der Waals surface area (Å²) >= 11 is 7.68. The SMILES string of the molecule is CCCC(CC)SOc1c(Cl)ccc2cncn12. The first-order valence-electron chi connectivity index (χ1n) is 6.20. The fourth-order valence-electron chi connectivity index (χ4n) is 1.78. The lowest BCUT2D eigenvalue weighted by molar-refractivity contribution is 0.582. The van der Waals surface area contributed by atoms with Crippen LogP contribution in [0.4, 0.5) is 0 Å². The molecule has 3 nitrogen and oxygen atoms in total. The molecule has 0 aliphatic rings. The van der Waals surface area contributed by atoms with Gasteiger partial charge in [0.05, 0.1) is 23.8 Å². The zero-order valence-corrected chi connectivity index (χ0v) is 12.2. The number of hydrogen-bond donors (Lipinski definition) is 0. The van der Waals surface area contributed by atoms with E-state index in [0.29, 0.717) is 16.2 Å². The molecule has 0 radical (unpaired) electrons. The molecule has 0 aliphatic heterocycles. The van der Waals surface area contributed by atoms with Crippen molar-refractivity contribution in [3.05, 3.63) is 29.7 Å². The van der Waals surface area contributed by atoms with Gasteiger partial charge in [0.1, 0.15) is 11.3 Å². The third-order valence-corrected chi connectivity index (χ3v) is 4.20. The number of nitrogens with zero attached hydrogens (tertiary/aromatic N) is 2. The highest BCUT2D eigenvalue weighted by Crippen LogP contribution is 2.31. The Kier molecular flexibility index (Phi) is 4.78. The Morgan fingerprint density at radius 2 is 2.28 bits per heavy atom. The normalized spacial score (nSPS) is 12.8. The van der Waals surface area contributed by atoms with E-state index in [1.54, 1.807) is 12.5 Å². The second-order valence-corrected chi connectivity index (χ2v) is 5.61. The van der Waals surface area contributed by atoms with Gasteiger partial charge in [-0.3, -0.25) is 4.40 Å². The Hall–Kier alpha value is -0.870. The molecule has 18 heavy (non-hydrogen) atoms. The van der Waals surface area contributed by atoms with Gasteiger partial charge >= 0.3 is 0 Å². The van der Waals surface area contributed by atoms with E-state index in [-0.39, 0.29) is 0 Å². The van der Waals surface area contributed by atoms with Gasteiger partial charge in [0.15, 0.2) is 0 Å². The molecule has 2 heterocycles. The molecule has 2 aromatic rings. The summed E-state index contributed by atoms with van der Waals surface area (Å²) in [4.78, 5) is 4.10. The van der Waals surface area contributed by atoms with E-state index < -0.39 is 0 Å². The Morgan fingerprint density at radius 3 is 3.00 bits per heavy atom. The Morgan fingerprint density at radius 1 is 1.44 bits per heavy atom. The number of rotatable bonds is 6. The minimum Gasteiger partial charge on any atom is -0.405 e. The lowest BCUT2D eigenvalue weighted by Gasteiger charge is -2.14. The minimum absolute atomic E-state index is 0.504. The number of halogens is 1. The zero-order valence-electron chi connectivity index (χ0n) is 10.6. The van der Waals surface area contributed by atoms with Crippen LogP contribution in [-0.4, -0.2) is 14.6 Å². The summed E-state index contributed by atoms with van der Waals surface area (Å²) in [6, 6.07) is 3.77. The van der Waals surface area contributed by atoms with E-state index in [4.69, 9.17) is 15.8 Å². The number of fused-ring (bicyclic) bond motifs is 1. The van der Waals surface area contributed by atoms with Crippen LogP contribution in [0, 0.1) is 0 Å². The number of aromatic nitrogens is 2. The largest absolute Gasteiger partial charge is 0.405 e. The molecule has 5 heteroatoms. The molecule has 2 aromatic heterocycles. The van der Waals surface area contributed by atoms with E-state index in [0.717, 1.165) is 24.8 Å². The summed E-state index contributed by atoms with van der Waals surface area (Å²) in [5, 5.41) is 1.11. The first-order valence-corrected chi connectivity index (χ1v) is 7.38. The van der Waals surface area contributed by atoms with E-state index in [2.05, 4.69) is 18.8 Å². The highest BCUT2D eigenvalue weighted by atomic mass is 35.5. The lowest BCUT2D eigenvalue weighted by atomic mass is 10.2. The van der Waals surface area contributed by atoms with E-state index in [9.17, 15) is 0 Å². The highest BCUT2D eigenvalue weighted by Gasteiger charge is 2.12. The van der Waals surface area contributed by atoms with Crippen molar-refractivity contribution in [2.24, 2.45) is 0 Å². The van der Waals surface area contributed by atoms with Crippen molar-refractivity contribution in [1.82, 2.24) is 9.38 Å². The number of hydrogen-bond acceptors (Lipinski definition) is 3. The molecule has 0 aliphatic carbocycles. The molecule has 0 spiro atoms. The average molecular weight is 285 g/mol. The van der Waals surface area contributed by atoms with Crippen molar-refractivity contribution in [3.8, 4) is 5.88 Å². The molecule has 0 N–H and O–H groups in total. The van der Waals surface area contributed by atoms with E-state index >= 15 is 0 Å². The molecule has 0 fully saturated rings. The Balaban J connectivity index is 2.15. The molecule has 0 saturated heterocycles. The van der Waals surface area contributed by atoms with Crippen LogP contribution < -0.4 is 4.18 Å². The predicted molar refractivity (Wildman–Crippen MR) is 77.4 cm³/mol. The van der Waals surface area contributed by atoms with Crippen molar-refractivity contribution in [1.29, 1.82) is 0 Å². The molecular formula is C13H17ClN2OS. The standard InChI is InChI=1S/C13H17ClN2OS/c1-3-5-11(4-2)18-17-13-12(14)7-6-10-8-15-9-16(10)13/h6-9,11H,3-5H2,1-2H3. The molecule has 0 amide bonds. The van der Waals surface area contributed by atoms with E-state index in [1.165, 1.54) is 12.0 Å². The fraction of sp³-hybridized carbons (Fsp3) is 0.462. The number of imidazole rings is 1. The van der Waals surface area contributed by atoms with Gasteiger partial charge in [0.25, 0.3) is 0 Å². The molecule has 0 saturated carbocycles. The van der Waals surface area contributed by atoms with Crippen molar-refractivity contribution in [2.75, 3.05) is 0 Å². The van der Waals surface area contributed by atoms with Crippen molar-refractivity contribution in [3.63, 3.8) is 0 Å². The third kappa shape index (κ3) is 2.93. The van der Waals surface area contributed by atoms with Crippen molar-refractivity contribution < 1.29 is 4.18 Å². The topological polar surface area (TPSA) is 26.5 Å². The molecule has 0 bridgehead atoms. The van der Waals surface area contributed by atoms with Gasteiger partial charge in [0, 0.05) is 5.25 Å².